The third-order valence-electron chi connectivity index (χ3n) is 3.57. The Morgan fingerprint density at radius 3 is 2.16 bits per heavy atom. The third kappa shape index (κ3) is 4.74. The zero-order chi connectivity index (χ0) is 13.9. The summed E-state index contributed by atoms with van der Waals surface area (Å²) in [4.78, 5) is 0. The number of hydrogen-bond donors (Lipinski definition) is 1. The molecule has 0 aromatic heterocycles. The molecule has 19 heavy (non-hydrogen) atoms. The van der Waals surface area contributed by atoms with Crippen LogP contribution in [0.1, 0.15) is 31.2 Å². The van der Waals surface area contributed by atoms with Crippen molar-refractivity contribution >= 4 is 0 Å². The normalized spacial score (nSPS) is 24.2. The van der Waals surface area contributed by atoms with Crippen LogP contribution in [-0.4, -0.2) is 12.4 Å². The monoisotopic (exact) mass is 273 g/mol. The van der Waals surface area contributed by atoms with Gasteiger partial charge in [-0.15, -0.1) is 13.2 Å². The van der Waals surface area contributed by atoms with E-state index in [0.717, 1.165) is 37.7 Å². The Balaban J connectivity index is 1.88. The van der Waals surface area contributed by atoms with E-state index in [4.69, 9.17) is 5.73 Å². The van der Waals surface area contributed by atoms with Gasteiger partial charge in [-0.05, 0) is 55.7 Å². The van der Waals surface area contributed by atoms with E-state index in [0.29, 0.717) is 12.0 Å². The highest BCUT2D eigenvalue weighted by Crippen LogP contribution is 2.28. The van der Waals surface area contributed by atoms with Crippen molar-refractivity contribution in [2.75, 3.05) is 0 Å². The van der Waals surface area contributed by atoms with Crippen molar-refractivity contribution in [1.82, 2.24) is 0 Å². The molecule has 0 aliphatic heterocycles. The molecule has 1 aromatic carbocycles. The average molecular weight is 273 g/mol. The van der Waals surface area contributed by atoms with Crippen molar-refractivity contribution in [2.45, 2.75) is 44.5 Å². The molecule has 0 heterocycles. The van der Waals surface area contributed by atoms with E-state index in [1.54, 1.807) is 12.1 Å². The molecule has 1 fully saturated rings. The summed E-state index contributed by atoms with van der Waals surface area (Å²) in [6, 6.07) is 6.47. The average Bonchev–Trinajstić information content (AvgIpc) is 2.33. The topological polar surface area (TPSA) is 35.2 Å². The van der Waals surface area contributed by atoms with Crippen LogP contribution in [0.2, 0.25) is 0 Å². The van der Waals surface area contributed by atoms with E-state index < -0.39 is 6.36 Å². The van der Waals surface area contributed by atoms with Crippen LogP contribution in [0.25, 0.3) is 0 Å². The molecule has 1 aromatic rings. The standard InChI is InChI=1S/C14H18F3NO/c15-14(16,17)19-13-7-3-11(4-8-13)9-10-1-5-12(18)6-2-10/h3-4,7-8,10,12H,1-2,5-6,9,18H2. The first-order valence-electron chi connectivity index (χ1n) is 6.52. The number of alkyl halides is 3. The van der Waals surface area contributed by atoms with Crippen LogP contribution in [0, 0.1) is 5.92 Å². The SMILES string of the molecule is NC1CCC(Cc2ccc(OC(F)(F)F)cc2)CC1. The van der Waals surface area contributed by atoms with Gasteiger partial charge in [0.25, 0.3) is 0 Å². The van der Waals surface area contributed by atoms with Crippen LogP contribution in [0.3, 0.4) is 0 Å². The highest BCUT2D eigenvalue weighted by molar-refractivity contribution is 5.27. The lowest BCUT2D eigenvalue weighted by atomic mass is 9.83. The van der Waals surface area contributed by atoms with E-state index in [-0.39, 0.29) is 5.75 Å². The molecular formula is C14H18F3NO. The Labute approximate surface area is 110 Å². The van der Waals surface area contributed by atoms with Gasteiger partial charge in [0.2, 0.25) is 0 Å². The molecule has 0 atom stereocenters. The first kappa shape index (κ1) is 14.2. The Morgan fingerprint density at radius 1 is 1.05 bits per heavy atom. The fraction of sp³-hybridized carbons (Fsp3) is 0.571. The third-order valence-corrected chi connectivity index (χ3v) is 3.57. The van der Waals surface area contributed by atoms with Crippen molar-refractivity contribution in [3.05, 3.63) is 29.8 Å². The fourth-order valence-electron chi connectivity index (χ4n) is 2.55. The summed E-state index contributed by atoms with van der Waals surface area (Å²) in [5, 5.41) is 0. The minimum atomic E-state index is -4.62. The van der Waals surface area contributed by atoms with Gasteiger partial charge in [0.1, 0.15) is 5.75 Å². The zero-order valence-corrected chi connectivity index (χ0v) is 10.6. The lowest BCUT2D eigenvalue weighted by molar-refractivity contribution is -0.274. The lowest BCUT2D eigenvalue weighted by Crippen LogP contribution is -2.27. The van der Waals surface area contributed by atoms with Gasteiger partial charge in [-0.2, -0.15) is 0 Å². The highest BCUT2D eigenvalue weighted by Gasteiger charge is 2.31. The molecule has 2 N–H and O–H groups in total. The molecule has 0 saturated heterocycles. The van der Waals surface area contributed by atoms with Gasteiger partial charge in [0.05, 0.1) is 0 Å². The Kier molecular flexibility index (Phi) is 4.34. The molecule has 2 nitrogen and oxygen atoms in total. The smallest absolute Gasteiger partial charge is 0.406 e. The molecule has 1 aliphatic rings. The van der Waals surface area contributed by atoms with Crippen LogP contribution in [0.15, 0.2) is 24.3 Å². The van der Waals surface area contributed by atoms with Gasteiger partial charge in [0.15, 0.2) is 0 Å². The maximum Gasteiger partial charge on any atom is 0.573 e. The molecule has 1 aliphatic carbocycles. The van der Waals surface area contributed by atoms with Crippen LogP contribution in [0.5, 0.6) is 5.75 Å². The van der Waals surface area contributed by atoms with E-state index in [2.05, 4.69) is 4.74 Å². The number of rotatable bonds is 3. The number of hydrogen-bond acceptors (Lipinski definition) is 2. The van der Waals surface area contributed by atoms with Gasteiger partial charge < -0.3 is 10.5 Å². The molecule has 0 radical (unpaired) electrons. The maximum absolute atomic E-state index is 12.0. The minimum Gasteiger partial charge on any atom is -0.406 e. The van der Waals surface area contributed by atoms with Crippen LogP contribution in [-0.2, 0) is 6.42 Å². The molecule has 1 saturated carbocycles. The van der Waals surface area contributed by atoms with E-state index in [1.807, 2.05) is 0 Å². The summed E-state index contributed by atoms with van der Waals surface area (Å²) < 4.78 is 39.9. The zero-order valence-electron chi connectivity index (χ0n) is 10.6. The van der Waals surface area contributed by atoms with Gasteiger partial charge >= 0.3 is 6.36 Å². The van der Waals surface area contributed by atoms with Crippen LogP contribution >= 0.6 is 0 Å². The first-order valence-corrected chi connectivity index (χ1v) is 6.52. The van der Waals surface area contributed by atoms with Gasteiger partial charge in [0, 0.05) is 6.04 Å². The summed E-state index contributed by atoms with van der Waals surface area (Å²) in [5.74, 6) is 0.427. The number of benzene rings is 1. The summed E-state index contributed by atoms with van der Waals surface area (Å²) in [7, 11) is 0. The maximum atomic E-state index is 12.0. The van der Waals surface area contributed by atoms with Crippen LogP contribution in [0.4, 0.5) is 13.2 Å². The van der Waals surface area contributed by atoms with Crippen molar-refractivity contribution in [1.29, 1.82) is 0 Å². The van der Waals surface area contributed by atoms with E-state index in [9.17, 15) is 13.2 Å². The molecular weight excluding hydrogens is 255 g/mol. The van der Waals surface area contributed by atoms with Gasteiger partial charge in [-0.1, -0.05) is 12.1 Å². The van der Waals surface area contributed by atoms with Gasteiger partial charge in [-0.3, -0.25) is 0 Å². The van der Waals surface area contributed by atoms with Crippen molar-refractivity contribution in [3.63, 3.8) is 0 Å². The second-order valence-electron chi connectivity index (χ2n) is 5.18. The number of ether oxygens (including phenoxy) is 1. The molecule has 0 amide bonds. The molecule has 0 unspecified atom stereocenters. The van der Waals surface area contributed by atoms with E-state index in [1.165, 1.54) is 12.1 Å². The van der Waals surface area contributed by atoms with E-state index >= 15 is 0 Å². The second kappa shape index (κ2) is 5.82. The molecule has 2 rings (SSSR count). The molecule has 0 spiro atoms. The molecule has 106 valence electrons. The minimum absolute atomic E-state index is 0.165. The van der Waals surface area contributed by atoms with Crippen molar-refractivity contribution in [2.24, 2.45) is 11.7 Å². The number of nitrogens with two attached hydrogens (primary N) is 1. The Hall–Kier alpha value is -1.23. The van der Waals surface area contributed by atoms with Crippen LogP contribution < -0.4 is 10.5 Å². The summed E-state index contributed by atoms with van der Waals surface area (Å²) in [6.07, 6.45) is 0.559. The number of halogens is 3. The molecule has 5 heteroatoms. The van der Waals surface area contributed by atoms with Gasteiger partial charge in [-0.25, -0.2) is 0 Å². The van der Waals surface area contributed by atoms with Crippen molar-refractivity contribution < 1.29 is 17.9 Å². The second-order valence-corrected chi connectivity index (χ2v) is 5.18. The first-order chi connectivity index (χ1) is 8.92. The predicted octanol–water partition coefficient (Wildman–Crippen LogP) is 3.65. The quantitative estimate of drug-likeness (QED) is 0.912. The fourth-order valence-corrected chi connectivity index (χ4v) is 2.55. The summed E-state index contributed by atoms with van der Waals surface area (Å²) in [5.41, 5.74) is 6.90. The summed E-state index contributed by atoms with van der Waals surface area (Å²) >= 11 is 0. The Morgan fingerprint density at radius 2 is 1.63 bits per heavy atom. The predicted molar refractivity (Wildman–Crippen MR) is 66.8 cm³/mol. The highest BCUT2D eigenvalue weighted by atomic mass is 19.4. The molecule has 0 bridgehead atoms. The van der Waals surface area contributed by atoms with Crippen molar-refractivity contribution in [3.8, 4) is 5.75 Å². The lowest BCUT2D eigenvalue weighted by Gasteiger charge is -2.26. The largest absolute Gasteiger partial charge is 0.573 e. The summed E-state index contributed by atoms with van der Waals surface area (Å²) in [6.45, 7) is 0. The Bertz CT molecular complexity index is 394.